The Morgan fingerprint density at radius 1 is 0.833 bits per heavy atom. The number of rotatable bonds is 10. The van der Waals surface area contributed by atoms with Gasteiger partial charge in [-0.05, 0) is 40.5 Å². The van der Waals surface area contributed by atoms with Crippen molar-refractivity contribution in [2.24, 2.45) is 0 Å². The summed E-state index contributed by atoms with van der Waals surface area (Å²) in [7, 11) is 1.66. The maximum Gasteiger partial charge on any atom is 0.223 e. The van der Waals surface area contributed by atoms with Gasteiger partial charge in [-0.1, -0.05) is 84.9 Å². The number of amides is 1. The molecular weight excluding hydrogens is 524 g/mol. The smallest absolute Gasteiger partial charge is 0.223 e. The van der Waals surface area contributed by atoms with Crippen LogP contribution in [0.3, 0.4) is 0 Å². The highest BCUT2D eigenvalue weighted by Gasteiger charge is 2.27. The Kier molecular flexibility index (Phi) is 8.52. The Morgan fingerprint density at radius 2 is 1.52 bits per heavy atom. The van der Waals surface area contributed by atoms with E-state index in [1.807, 2.05) is 53.4 Å². The topological polar surface area (TPSA) is 52.9 Å². The molecule has 0 saturated carbocycles. The van der Waals surface area contributed by atoms with E-state index in [1.165, 1.54) is 5.56 Å². The van der Waals surface area contributed by atoms with E-state index >= 15 is 0 Å². The van der Waals surface area contributed by atoms with Gasteiger partial charge in [-0.3, -0.25) is 4.79 Å². The number of carbonyl (C=O) groups is 1. The largest absolute Gasteiger partial charge is 0.493 e. The van der Waals surface area contributed by atoms with E-state index in [0.29, 0.717) is 50.8 Å². The van der Waals surface area contributed by atoms with Crippen LogP contribution in [-0.2, 0) is 22.7 Å². The average Bonchev–Trinajstić information content (AvgIpc) is 3.41. The second-order valence-corrected chi connectivity index (χ2v) is 10.6. The molecule has 0 spiro atoms. The summed E-state index contributed by atoms with van der Waals surface area (Å²) < 4.78 is 19.8. The van der Waals surface area contributed by atoms with Gasteiger partial charge in [0.05, 0.1) is 20.3 Å². The van der Waals surface area contributed by atoms with Crippen molar-refractivity contribution in [3.05, 3.63) is 132 Å². The van der Waals surface area contributed by atoms with Gasteiger partial charge in [0.25, 0.3) is 0 Å². The van der Waals surface area contributed by atoms with Crippen molar-refractivity contribution in [2.45, 2.75) is 25.5 Å². The maximum atomic E-state index is 13.7. The Morgan fingerprint density at radius 3 is 2.26 bits per heavy atom. The predicted octanol–water partition coefficient (Wildman–Crippen LogP) is 6.66. The van der Waals surface area contributed by atoms with Crippen LogP contribution in [0.1, 0.15) is 34.6 Å². The molecule has 1 fully saturated rings. The lowest BCUT2D eigenvalue weighted by atomic mass is 9.87. The Bertz CT molecular complexity index is 1620. The number of benzene rings is 4. The molecule has 1 saturated heterocycles. The molecule has 1 amide bonds. The molecule has 2 heterocycles. The van der Waals surface area contributed by atoms with Crippen LogP contribution in [0, 0.1) is 0 Å². The SMILES string of the molecule is COc1cc([C@H](CC(=O)N2CCOCC2)c2cn(Cc3ccccc3)c3ccccc23)ccc1OCc1ccccc1. The van der Waals surface area contributed by atoms with Gasteiger partial charge in [0.2, 0.25) is 5.91 Å². The van der Waals surface area contributed by atoms with Crippen molar-refractivity contribution >= 4 is 16.8 Å². The third kappa shape index (κ3) is 6.19. The molecule has 1 aliphatic rings. The average molecular weight is 561 g/mol. The van der Waals surface area contributed by atoms with Gasteiger partial charge >= 0.3 is 0 Å². The van der Waals surface area contributed by atoms with E-state index in [0.717, 1.165) is 34.1 Å². The molecule has 0 aliphatic carbocycles. The zero-order valence-electron chi connectivity index (χ0n) is 23.9. The second-order valence-electron chi connectivity index (χ2n) is 10.6. The molecule has 6 rings (SSSR count). The number of para-hydroxylation sites is 1. The monoisotopic (exact) mass is 560 g/mol. The van der Waals surface area contributed by atoms with Gasteiger partial charge < -0.3 is 23.7 Å². The summed E-state index contributed by atoms with van der Waals surface area (Å²) in [6.07, 6.45) is 2.58. The van der Waals surface area contributed by atoms with Gasteiger partial charge in [0, 0.05) is 49.1 Å². The van der Waals surface area contributed by atoms with E-state index < -0.39 is 0 Å². The van der Waals surface area contributed by atoms with Gasteiger partial charge in [0.1, 0.15) is 6.61 Å². The molecule has 0 radical (unpaired) electrons. The number of morpholine rings is 1. The summed E-state index contributed by atoms with van der Waals surface area (Å²) in [6.45, 7) is 3.60. The molecule has 0 unspecified atom stereocenters. The molecule has 1 aliphatic heterocycles. The number of ether oxygens (including phenoxy) is 3. The minimum atomic E-state index is -0.167. The minimum Gasteiger partial charge on any atom is -0.493 e. The second kappa shape index (κ2) is 13.0. The number of nitrogens with zero attached hydrogens (tertiary/aromatic N) is 2. The third-order valence-corrected chi connectivity index (χ3v) is 7.96. The van der Waals surface area contributed by atoms with Crippen molar-refractivity contribution in [3.63, 3.8) is 0 Å². The third-order valence-electron chi connectivity index (χ3n) is 7.96. The number of hydrogen-bond donors (Lipinski definition) is 0. The van der Waals surface area contributed by atoms with Crippen LogP contribution in [0.25, 0.3) is 10.9 Å². The number of fused-ring (bicyclic) bond motifs is 1. The summed E-state index contributed by atoms with van der Waals surface area (Å²) in [5, 5.41) is 1.15. The van der Waals surface area contributed by atoms with Gasteiger partial charge in [0.15, 0.2) is 11.5 Å². The molecule has 214 valence electrons. The van der Waals surface area contributed by atoms with Crippen LogP contribution in [0.15, 0.2) is 109 Å². The Hall–Kier alpha value is -4.55. The number of aromatic nitrogens is 1. The van der Waals surface area contributed by atoms with Crippen molar-refractivity contribution in [3.8, 4) is 11.5 Å². The summed E-state index contributed by atoms with van der Waals surface area (Å²) >= 11 is 0. The fourth-order valence-electron chi connectivity index (χ4n) is 5.74. The highest BCUT2D eigenvalue weighted by molar-refractivity contribution is 5.87. The van der Waals surface area contributed by atoms with E-state index in [1.54, 1.807) is 7.11 Å². The summed E-state index contributed by atoms with van der Waals surface area (Å²) in [5.74, 6) is 1.29. The molecular formula is C36H36N2O4. The van der Waals surface area contributed by atoms with E-state index in [9.17, 15) is 4.79 Å². The Labute approximate surface area is 247 Å². The summed E-state index contributed by atoms with van der Waals surface area (Å²) in [4.78, 5) is 15.6. The van der Waals surface area contributed by atoms with E-state index in [2.05, 4.69) is 65.4 Å². The number of carbonyl (C=O) groups excluding carboxylic acids is 1. The first kappa shape index (κ1) is 27.6. The maximum absolute atomic E-state index is 13.7. The van der Waals surface area contributed by atoms with E-state index in [-0.39, 0.29) is 11.8 Å². The van der Waals surface area contributed by atoms with Crippen LogP contribution in [0.2, 0.25) is 0 Å². The van der Waals surface area contributed by atoms with Gasteiger partial charge in [-0.2, -0.15) is 0 Å². The molecule has 5 aromatic rings. The zero-order chi connectivity index (χ0) is 28.7. The first-order chi connectivity index (χ1) is 20.7. The molecule has 4 aromatic carbocycles. The molecule has 0 N–H and O–H groups in total. The van der Waals surface area contributed by atoms with Gasteiger partial charge in [-0.25, -0.2) is 0 Å². The lowest BCUT2D eigenvalue weighted by Crippen LogP contribution is -2.41. The van der Waals surface area contributed by atoms with Crippen molar-refractivity contribution in [2.75, 3.05) is 33.4 Å². The van der Waals surface area contributed by atoms with Crippen LogP contribution >= 0.6 is 0 Å². The van der Waals surface area contributed by atoms with Crippen molar-refractivity contribution < 1.29 is 19.0 Å². The molecule has 6 nitrogen and oxygen atoms in total. The Balaban J connectivity index is 1.37. The molecule has 1 atom stereocenters. The highest BCUT2D eigenvalue weighted by atomic mass is 16.5. The van der Waals surface area contributed by atoms with Crippen molar-refractivity contribution in [1.82, 2.24) is 9.47 Å². The standard InChI is InChI=1S/C36H36N2O4/c1-40-35-22-29(16-17-34(35)42-26-28-12-6-3-7-13-28)31(23-36(39)37-18-20-41-21-19-37)32-25-38(24-27-10-4-2-5-11-27)33-15-9-8-14-30(32)33/h2-17,22,25,31H,18-21,23-24,26H2,1H3/t31-/m0/s1. The summed E-state index contributed by atoms with van der Waals surface area (Å²) in [6, 6.07) is 35.1. The normalized spacial score (nSPS) is 14.1. The molecule has 1 aromatic heterocycles. The lowest BCUT2D eigenvalue weighted by molar-refractivity contribution is -0.135. The molecule has 6 heteroatoms. The number of hydrogen-bond acceptors (Lipinski definition) is 4. The first-order valence-corrected chi connectivity index (χ1v) is 14.5. The lowest BCUT2D eigenvalue weighted by Gasteiger charge is -2.29. The fraction of sp³-hybridized carbons (Fsp3) is 0.250. The molecule has 0 bridgehead atoms. The first-order valence-electron chi connectivity index (χ1n) is 14.5. The fourth-order valence-corrected chi connectivity index (χ4v) is 5.74. The van der Waals surface area contributed by atoms with Crippen molar-refractivity contribution in [1.29, 1.82) is 0 Å². The van der Waals surface area contributed by atoms with Gasteiger partial charge in [-0.15, -0.1) is 0 Å². The van der Waals surface area contributed by atoms with Crippen LogP contribution in [0.5, 0.6) is 11.5 Å². The van der Waals surface area contributed by atoms with Crippen LogP contribution in [0.4, 0.5) is 0 Å². The quantitative estimate of drug-likeness (QED) is 0.192. The zero-order valence-corrected chi connectivity index (χ0v) is 23.9. The van der Waals surface area contributed by atoms with E-state index in [4.69, 9.17) is 14.2 Å². The van der Waals surface area contributed by atoms with Crippen LogP contribution < -0.4 is 9.47 Å². The molecule has 42 heavy (non-hydrogen) atoms. The number of methoxy groups -OCH3 is 1. The summed E-state index contributed by atoms with van der Waals surface area (Å²) in [5.41, 5.74) is 5.61. The van der Waals surface area contributed by atoms with Crippen LogP contribution in [-0.4, -0.2) is 48.8 Å². The highest BCUT2D eigenvalue weighted by Crippen LogP contribution is 2.39. The predicted molar refractivity (Wildman–Crippen MR) is 165 cm³/mol. The minimum absolute atomic E-state index is 0.131.